The van der Waals surface area contributed by atoms with Crippen molar-refractivity contribution < 1.29 is 14.3 Å². The Balaban J connectivity index is 1.21. The maximum Gasteiger partial charge on any atom is 0.255 e. The van der Waals surface area contributed by atoms with Gasteiger partial charge >= 0.3 is 0 Å². The monoisotopic (exact) mass is 488 g/mol. The molecule has 0 bridgehead atoms. The van der Waals surface area contributed by atoms with Crippen molar-refractivity contribution in [3.63, 3.8) is 0 Å². The summed E-state index contributed by atoms with van der Waals surface area (Å²) in [6, 6.07) is 20.2. The third-order valence-corrected chi connectivity index (χ3v) is 5.30. The van der Waals surface area contributed by atoms with Crippen molar-refractivity contribution in [3.05, 3.63) is 90.0 Å². The van der Waals surface area contributed by atoms with Crippen molar-refractivity contribution in [3.8, 4) is 5.75 Å². The average molecular weight is 489 g/mol. The number of hydrogen-bond donors (Lipinski definition) is 3. The van der Waals surface area contributed by atoms with Gasteiger partial charge in [-0.15, -0.1) is 0 Å². The fourth-order valence-corrected chi connectivity index (χ4v) is 3.45. The molecule has 0 spiro atoms. The molecule has 0 radical (unpaired) electrons. The molecule has 176 valence electrons. The van der Waals surface area contributed by atoms with Gasteiger partial charge in [0, 0.05) is 29.3 Å². The van der Waals surface area contributed by atoms with E-state index in [4.69, 9.17) is 21.1 Å². The summed E-state index contributed by atoms with van der Waals surface area (Å²) in [5.74, 6) is 1.57. The normalized spacial score (nSPS) is 14.1. The molecule has 4 aromatic rings. The van der Waals surface area contributed by atoms with Gasteiger partial charge in [0.15, 0.2) is 6.10 Å². The Kier molecular flexibility index (Phi) is 6.69. The topological polar surface area (TPSA) is 114 Å². The van der Waals surface area contributed by atoms with Gasteiger partial charge in [-0.1, -0.05) is 23.7 Å². The Bertz CT molecular complexity index is 1330. The largest absolute Gasteiger partial charge is 0.486 e. The number of rotatable bonds is 9. The molecule has 35 heavy (non-hydrogen) atoms. The molecule has 1 saturated heterocycles. The second-order valence-corrected chi connectivity index (χ2v) is 8.09. The van der Waals surface area contributed by atoms with E-state index in [0.29, 0.717) is 41.3 Å². The molecular weight excluding hydrogens is 468 g/mol. The fourth-order valence-electron chi connectivity index (χ4n) is 3.22. The molecule has 3 heterocycles. The summed E-state index contributed by atoms with van der Waals surface area (Å²) in [5, 5.41) is 9.72. The Labute approximate surface area is 206 Å². The third kappa shape index (κ3) is 6.23. The highest BCUT2D eigenvalue weighted by Crippen LogP contribution is 2.30. The first-order chi connectivity index (χ1) is 17.1. The average Bonchev–Trinajstić information content (AvgIpc) is 3.71. The Morgan fingerprint density at radius 3 is 2.43 bits per heavy atom. The van der Waals surface area contributed by atoms with E-state index in [9.17, 15) is 4.79 Å². The molecule has 1 amide bonds. The standard InChI is InChI=1S/C25H21ClN6O3/c26-20-11-18(7-8-21(20)34-13-19-4-1-2-9-27-19)31-24-12-23(28-15-29-24)30-16-5-3-6-17(10-16)32-25(33)22-14-35-22/h1-12,15,22H,13-14H2,(H,32,33)(H2,28,29,30,31). The summed E-state index contributed by atoms with van der Waals surface area (Å²) >= 11 is 6.41. The van der Waals surface area contributed by atoms with Crippen LogP contribution in [0.15, 0.2) is 79.3 Å². The molecule has 1 atom stereocenters. The number of ether oxygens (including phenoxy) is 2. The maximum absolute atomic E-state index is 11.9. The first-order valence-electron chi connectivity index (χ1n) is 10.8. The quantitative estimate of drug-likeness (QED) is 0.284. The van der Waals surface area contributed by atoms with Crippen LogP contribution < -0.4 is 20.7 Å². The number of epoxide rings is 1. The Morgan fingerprint density at radius 1 is 0.943 bits per heavy atom. The van der Waals surface area contributed by atoms with Crippen LogP contribution in [0.25, 0.3) is 0 Å². The van der Waals surface area contributed by atoms with Crippen LogP contribution in [0.3, 0.4) is 0 Å². The van der Waals surface area contributed by atoms with Crippen LogP contribution in [-0.4, -0.2) is 33.6 Å². The number of amides is 1. The predicted octanol–water partition coefficient (Wildman–Crippen LogP) is 4.93. The zero-order valence-electron chi connectivity index (χ0n) is 18.4. The summed E-state index contributed by atoms with van der Waals surface area (Å²) in [7, 11) is 0. The van der Waals surface area contributed by atoms with Gasteiger partial charge < -0.3 is 25.4 Å². The van der Waals surface area contributed by atoms with Crippen molar-refractivity contribution in [2.24, 2.45) is 0 Å². The summed E-state index contributed by atoms with van der Waals surface area (Å²) in [6.07, 6.45) is 2.82. The Morgan fingerprint density at radius 2 is 1.71 bits per heavy atom. The van der Waals surface area contributed by atoms with E-state index in [2.05, 4.69) is 30.9 Å². The van der Waals surface area contributed by atoms with Crippen molar-refractivity contribution in [1.29, 1.82) is 0 Å². The molecule has 2 aromatic heterocycles. The minimum atomic E-state index is -0.350. The van der Waals surface area contributed by atoms with Gasteiger partial charge in [-0.25, -0.2) is 9.97 Å². The molecule has 0 aliphatic carbocycles. The van der Waals surface area contributed by atoms with Gasteiger partial charge in [-0.05, 0) is 48.5 Å². The first kappa shape index (κ1) is 22.6. The van der Waals surface area contributed by atoms with Crippen LogP contribution >= 0.6 is 11.6 Å². The van der Waals surface area contributed by atoms with Crippen LogP contribution in [0.2, 0.25) is 5.02 Å². The van der Waals surface area contributed by atoms with Crippen LogP contribution in [0.4, 0.5) is 28.7 Å². The number of aromatic nitrogens is 3. The number of nitrogens with zero attached hydrogens (tertiary/aromatic N) is 3. The molecule has 5 rings (SSSR count). The summed E-state index contributed by atoms with van der Waals surface area (Å²) in [6.45, 7) is 0.792. The van der Waals surface area contributed by atoms with E-state index in [1.807, 2.05) is 48.5 Å². The van der Waals surface area contributed by atoms with E-state index < -0.39 is 0 Å². The summed E-state index contributed by atoms with van der Waals surface area (Å²) in [4.78, 5) is 24.7. The number of nitrogens with one attached hydrogen (secondary N) is 3. The van der Waals surface area contributed by atoms with E-state index in [1.54, 1.807) is 24.4 Å². The van der Waals surface area contributed by atoms with E-state index in [-0.39, 0.29) is 12.0 Å². The van der Waals surface area contributed by atoms with E-state index in [0.717, 1.165) is 17.1 Å². The molecule has 0 saturated carbocycles. The van der Waals surface area contributed by atoms with Gasteiger partial charge in [0.2, 0.25) is 0 Å². The minimum absolute atomic E-state index is 0.150. The number of anilines is 5. The predicted molar refractivity (Wildman–Crippen MR) is 133 cm³/mol. The lowest BCUT2D eigenvalue weighted by Crippen LogP contribution is -2.17. The first-order valence-corrected chi connectivity index (χ1v) is 11.2. The molecule has 9 nitrogen and oxygen atoms in total. The molecule has 10 heteroatoms. The number of benzene rings is 2. The van der Waals surface area contributed by atoms with Crippen molar-refractivity contribution in [1.82, 2.24) is 15.0 Å². The molecular formula is C25H21ClN6O3. The molecule has 1 aliphatic rings. The number of carbonyl (C=O) groups is 1. The van der Waals surface area contributed by atoms with Crippen LogP contribution in [0.5, 0.6) is 5.75 Å². The fraction of sp³-hybridized carbons (Fsp3) is 0.120. The van der Waals surface area contributed by atoms with Gasteiger partial charge in [-0.3, -0.25) is 9.78 Å². The molecule has 2 aromatic carbocycles. The summed E-state index contributed by atoms with van der Waals surface area (Å²) < 4.78 is 10.8. The van der Waals surface area contributed by atoms with Crippen molar-refractivity contribution >= 4 is 46.2 Å². The van der Waals surface area contributed by atoms with Gasteiger partial charge in [0.05, 0.1) is 17.3 Å². The zero-order chi connectivity index (χ0) is 24.0. The lowest BCUT2D eigenvalue weighted by atomic mass is 10.2. The smallest absolute Gasteiger partial charge is 0.255 e. The van der Waals surface area contributed by atoms with Crippen LogP contribution in [0, 0.1) is 0 Å². The molecule has 1 aliphatic heterocycles. The zero-order valence-corrected chi connectivity index (χ0v) is 19.2. The van der Waals surface area contributed by atoms with E-state index in [1.165, 1.54) is 6.33 Å². The highest BCUT2D eigenvalue weighted by molar-refractivity contribution is 6.32. The third-order valence-electron chi connectivity index (χ3n) is 5.00. The molecule has 1 fully saturated rings. The number of hydrogen-bond acceptors (Lipinski definition) is 8. The highest BCUT2D eigenvalue weighted by atomic mass is 35.5. The highest BCUT2D eigenvalue weighted by Gasteiger charge is 2.31. The lowest BCUT2D eigenvalue weighted by Gasteiger charge is -2.12. The maximum atomic E-state index is 11.9. The van der Waals surface area contributed by atoms with Crippen molar-refractivity contribution in [2.45, 2.75) is 12.7 Å². The second-order valence-electron chi connectivity index (χ2n) is 7.69. The second kappa shape index (κ2) is 10.4. The SMILES string of the molecule is O=C(Nc1cccc(Nc2cc(Nc3ccc(OCc4ccccn4)c(Cl)c3)ncn2)c1)C1CO1. The number of carbonyl (C=O) groups excluding carboxylic acids is 1. The summed E-state index contributed by atoms with van der Waals surface area (Å²) in [5.41, 5.74) is 3.00. The van der Waals surface area contributed by atoms with Crippen LogP contribution in [0.1, 0.15) is 5.69 Å². The minimum Gasteiger partial charge on any atom is -0.486 e. The van der Waals surface area contributed by atoms with Gasteiger partial charge in [0.25, 0.3) is 5.91 Å². The molecule has 1 unspecified atom stereocenters. The number of pyridine rings is 1. The van der Waals surface area contributed by atoms with Gasteiger partial charge in [0.1, 0.15) is 30.3 Å². The lowest BCUT2D eigenvalue weighted by molar-refractivity contribution is -0.117. The Hall–Kier alpha value is -4.21. The molecule has 3 N–H and O–H groups in total. The van der Waals surface area contributed by atoms with Crippen LogP contribution in [-0.2, 0) is 16.1 Å². The van der Waals surface area contributed by atoms with Gasteiger partial charge in [-0.2, -0.15) is 0 Å². The number of halogens is 1. The van der Waals surface area contributed by atoms with E-state index >= 15 is 0 Å². The van der Waals surface area contributed by atoms with Crippen molar-refractivity contribution in [2.75, 3.05) is 22.6 Å².